The zero-order chi connectivity index (χ0) is 12.6. The molecular weight excluding hydrogens is 333 g/mol. The highest BCUT2D eigenvalue weighted by molar-refractivity contribution is 14.1. The number of unbranched alkanes of at least 4 members (excludes halogenated alkanes) is 1. The Hall–Kier alpha value is 0.570. The minimum absolute atomic E-state index is 0.656. The third-order valence-electron chi connectivity index (χ3n) is 2.08. The lowest BCUT2D eigenvalue weighted by atomic mass is 10.4. The van der Waals surface area contributed by atoms with Gasteiger partial charge in [-0.1, -0.05) is 35.9 Å². The second-order valence-electron chi connectivity index (χ2n) is 3.63. The predicted molar refractivity (Wildman–Crippen MR) is 79.1 cm³/mol. The summed E-state index contributed by atoms with van der Waals surface area (Å²) in [5, 5.41) is 3.27. The summed E-state index contributed by atoms with van der Waals surface area (Å²) in [6.45, 7) is 8.41. The molecule has 0 spiro atoms. The number of hydrogen-bond donors (Lipinski definition) is 1. The predicted octanol–water partition coefficient (Wildman–Crippen LogP) is 1.86. The molecule has 1 N–H and O–H groups in total. The Morgan fingerprint density at radius 1 is 0.824 bits per heavy atom. The smallest absolute Gasteiger partial charge is 0.0701 e. The second-order valence-corrected chi connectivity index (χ2v) is 4.71. The summed E-state index contributed by atoms with van der Waals surface area (Å²) >= 11 is 2.35. The minimum Gasteiger partial charge on any atom is -0.379 e. The molecule has 0 heterocycles. The van der Waals surface area contributed by atoms with Crippen LogP contribution in [0.1, 0.15) is 19.8 Å². The van der Waals surface area contributed by atoms with Crippen molar-refractivity contribution in [2.75, 3.05) is 57.2 Å². The van der Waals surface area contributed by atoms with Gasteiger partial charge in [0.05, 0.1) is 33.0 Å². The van der Waals surface area contributed by atoms with E-state index in [0.29, 0.717) is 26.4 Å². The van der Waals surface area contributed by atoms with E-state index >= 15 is 0 Å². The van der Waals surface area contributed by atoms with Crippen molar-refractivity contribution in [1.29, 1.82) is 0 Å². The lowest BCUT2D eigenvalue weighted by Gasteiger charge is -2.07. The van der Waals surface area contributed by atoms with Crippen molar-refractivity contribution in [3.8, 4) is 0 Å². The van der Waals surface area contributed by atoms with E-state index in [1.807, 2.05) is 0 Å². The number of hydrogen-bond acceptors (Lipinski definition) is 4. The Bertz CT molecular complexity index is 125. The van der Waals surface area contributed by atoms with Gasteiger partial charge in [-0.3, -0.25) is 0 Å². The van der Waals surface area contributed by atoms with Gasteiger partial charge in [0.2, 0.25) is 0 Å². The van der Waals surface area contributed by atoms with E-state index in [9.17, 15) is 0 Å². The van der Waals surface area contributed by atoms with Crippen molar-refractivity contribution in [2.24, 2.45) is 0 Å². The van der Waals surface area contributed by atoms with Crippen LogP contribution in [0.4, 0.5) is 0 Å². The van der Waals surface area contributed by atoms with Crippen LogP contribution in [0.5, 0.6) is 0 Å². The molecule has 0 aromatic carbocycles. The zero-order valence-corrected chi connectivity index (χ0v) is 13.0. The summed E-state index contributed by atoms with van der Waals surface area (Å²) in [4.78, 5) is 0. The zero-order valence-electron chi connectivity index (χ0n) is 10.9. The molecule has 0 amide bonds. The molecule has 0 fully saturated rings. The number of rotatable bonds is 14. The van der Waals surface area contributed by atoms with Crippen molar-refractivity contribution in [1.82, 2.24) is 5.32 Å². The fourth-order valence-electron chi connectivity index (χ4n) is 1.12. The molecular formula is C12H26INO3. The molecule has 0 aliphatic rings. The Labute approximate surface area is 119 Å². The fourth-order valence-corrected chi connectivity index (χ4v) is 1.51. The molecule has 0 aromatic rings. The quantitative estimate of drug-likeness (QED) is 0.292. The first-order valence-corrected chi connectivity index (χ1v) is 7.94. The van der Waals surface area contributed by atoms with Crippen LogP contribution in [0.3, 0.4) is 0 Å². The first-order chi connectivity index (χ1) is 8.41. The topological polar surface area (TPSA) is 39.7 Å². The molecule has 0 aliphatic heterocycles. The van der Waals surface area contributed by atoms with Crippen LogP contribution >= 0.6 is 22.6 Å². The monoisotopic (exact) mass is 359 g/mol. The molecule has 0 rings (SSSR count). The molecule has 0 aromatic heterocycles. The number of ether oxygens (including phenoxy) is 3. The van der Waals surface area contributed by atoms with E-state index in [1.54, 1.807) is 0 Å². The maximum Gasteiger partial charge on any atom is 0.0701 e. The third-order valence-corrected chi connectivity index (χ3v) is 2.62. The summed E-state index contributed by atoms with van der Waals surface area (Å²) < 4.78 is 17.3. The molecule has 5 heteroatoms. The van der Waals surface area contributed by atoms with Gasteiger partial charge in [-0.15, -0.1) is 0 Å². The average Bonchev–Trinajstić information content (AvgIpc) is 2.35. The summed E-state index contributed by atoms with van der Waals surface area (Å²) in [7, 11) is 0. The van der Waals surface area contributed by atoms with Crippen molar-refractivity contribution >= 4 is 22.6 Å². The van der Waals surface area contributed by atoms with Crippen LogP contribution in [0, 0.1) is 0 Å². The van der Waals surface area contributed by atoms with E-state index in [0.717, 1.165) is 37.2 Å². The molecule has 4 nitrogen and oxygen atoms in total. The molecule has 0 atom stereocenters. The largest absolute Gasteiger partial charge is 0.379 e. The summed E-state index contributed by atoms with van der Waals surface area (Å²) in [6, 6.07) is 0. The maximum atomic E-state index is 5.39. The highest BCUT2D eigenvalue weighted by Gasteiger charge is 1.91. The highest BCUT2D eigenvalue weighted by Crippen LogP contribution is 1.87. The van der Waals surface area contributed by atoms with Crippen LogP contribution in [-0.4, -0.2) is 57.2 Å². The number of alkyl halides is 1. The Kier molecular flexibility index (Phi) is 17.1. The van der Waals surface area contributed by atoms with E-state index in [1.165, 1.54) is 6.42 Å². The standard InChI is InChI=1S/C12H26INO3/c1-2-3-7-15-9-11-17-12-10-16-8-6-14-5-4-13/h14H,2-12H2,1H3. The van der Waals surface area contributed by atoms with Crippen LogP contribution in [-0.2, 0) is 14.2 Å². The van der Waals surface area contributed by atoms with Crippen LogP contribution in [0.2, 0.25) is 0 Å². The van der Waals surface area contributed by atoms with Gasteiger partial charge >= 0.3 is 0 Å². The lowest BCUT2D eigenvalue weighted by molar-refractivity contribution is 0.0147. The Morgan fingerprint density at radius 2 is 1.41 bits per heavy atom. The van der Waals surface area contributed by atoms with Gasteiger partial charge in [-0.25, -0.2) is 0 Å². The third kappa shape index (κ3) is 16.6. The van der Waals surface area contributed by atoms with Gasteiger partial charge in [-0.2, -0.15) is 0 Å². The molecule has 0 unspecified atom stereocenters. The first kappa shape index (κ1) is 17.6. The molecule has 0 aliphatic carbocycles. The summed E-state index contributed by atoms with van der Waals surface area (Å²) in [6.07, 6.45) is 2.31. The highest BCUT2D eigenvalue weighted by atomic mass is 127. The van der Waals surface area contributed by atoms with E-state index in [-0.39, 0.29) is 0 Å². The molecule has 0 bridgehead atoms. The normalized spacial score (nSPS) is 10.9. The van der Waals surface area contributed by atoms with Crippen molar-refractivity contribution in [2.45, 2.75) is 19.8 Å². The molecule has 0 saturated heterocycles. The van der Waals surface area contributed by atoms with E-state index in [2.05, 4.69) is 34.8 Å². The van der Waals surface area contributed by atoms with Gasteiger partial charge in [0, 0.05) is 24.1 Å². The maximum absolute atomic E-state index is 5.39. The van der Waals surface area contributed by atoms with Crippen molar-refractivity contribution < 1.29 is 14.2 Å². The summed E-state index contributed by atoms with van der Waals surface area (Å²) in [5.41, 5.74) is 0. The van der Waals surface area contributed by atoms with Gasteiger partial charge in [0.25, 0.3) is 0 Å². The van der Waals surface area contributed by atoms with Gasteiger partial charge in [-0.05, 0) is 6.42 Å². The minimum atomic E-state index is 0.656. The van der Waals surface area contributed by atoms with E-state index < -0.39 is 0 Å². The molecule has 0 radical (unpaired) electrons. The Morgan fingerprint density at radius 3 is 2.00 bits per heavy atom. The first-order valence-electron chi connectivity index (χ1n) is 6.41. The summed E-state index contributed by atoms with van der Waals surface area (Å²) in [5.74, 6) is 0. The second kappa shape index (κ2) is 16.6. The van der Waals surface area contributed by atoms with Crippen molar-refractivity contribution in [3.05, 3.63) is 0 Å². The van der Waals surface area contributed by atoms with Crippen LogP contribution < -0.4 is 5.32 Å². The fraction of sp³-hybridized carbons (Fsp3) is 1.00. The van der Waals surface area contributed by atoms with Gasteiger partial charge in [0.1, 0.15) is 0 Å². The number of halogens is 1. The van der Waals surface area contributed by atoms with Gasteiger partial charge < -0.3 is 19.5 Å². The number of nitrogens with one attached hydrogen (secondary N) is 1. The van der Waals surface area contributed by atoms with Gasteiger partial charge in [0.15, 0.2) is 0 Å². The average molecular weight is 359 g/mol. The SMILES string of the molecule is CCCCOCCOCCOCCNCCI. The molecule has 0 saturated carbocycles. The van der Waals surface area contributed by atoms with Crippen LogP contribution in [0.25, 0.3) is 0 Å². The lowest BCUT2D eigenvalue weighted by Crippen LogP contribution is -2.22. The molecule has 17 heavy (non-hydrogen) atoms. The van der Waals surface area contributed by atoms with E-state index in [4.69, 9.17) is 14.2 Å². The Balaban J connectivity index is 2.85. The molecule has 104 valence electrons. The van der Waals surface area contributed by atoms with Crippen LogP contribution in [0.15, 0.2) is 0 Å². The van der Waals surface area contributed by atoms with Crippen molar-refractivity contribution in [3.63, 3.8) is 0 Å².